The Kier molecular flexibility index (Phi) is 1.73. The monoisotopic (exact) mass is 114 g/mol. The van der Waals surface area contributed by atoms with Crippen LogP contribution in [0.5, 0.6) is 0 Å². The number of carbonyl (C=O) groups excluding carboxylic acids is 1. The molecule has 4 heavy (non-hydrogen) atoms. The van der Waals surface area contributed by atoms with E-state index in [1.165, 1.54) is 0 Å². The van der Waals surface area contributed by atoms with Gasteiger partial charge < -0.3 is 0 Å². The van der Waals surface area contributed by atoms with Crippen LogP contribution in [0.25, 0.3) is 0 Å². The second kappa shape index (κ2) is 1.61. The van der Waals surface area contributed by atoms with Gasteiger partial charge in [-0.25, -0.2) is 0 Å². The van der Waals surface area contributed by atoms with Crippen molar-refractivity contribution in [1.29, 1.82) is 0 Å². The third kappa shape index (κ3) is 41.9. The van der Waals surface area contributed by atoms with Gasteiger partial charge in [0.25, 0.3) is 0 Å². The Morgan fingerprint density at radius 1 is 2.00 bits per heavy atom. The quantitative estimate of drug-likeness (QED) is 0.376. The molecule has 0 atom stereocenters. The van der Waals surface area contributed by atoms with Crippen LogP contribution in [-0.2, 0) is 4.79 Å². The van der Waals surface area contributed by atoms with Gasteiger partial charge >= 0.3 is 34.7 Å². The van der Waals surface area contributed by atoms with Gasteiger partial charge in [0.05, 0.1) is 0 Å². The Morgan fingerprint density at radius 3 is 2.00 bits per heavy atom. The van der Waals surface area contributed by atoms with E-state index in [0.717, 1.165) is 0 Å². The minimum atomic E-state index is 0.354. The summed E-state index contributed by atoms with van der Waals surface area (Å²) in [5, 5.41) is 0. The van der Waals surface area contributed by atoms with Gasteiger partial charge in [-0.2, -0.15) is 0 Å². The maximum absolute atomic E-state index is 9.53. The molecule has 0 spiro atoms. The fourth-order valence-electron chi connectivity index (χ4n) is 0. The van der Waals surface area contributed by atoms with E-state index in [1.807, 2.05) is 0 Å². The molecule has 0 saturated carbocycles. The summed E-state index contributed by atoms with van der Waals surface area (Å²) in [6.45, 7) is 1.61. The van der Waals surface area contributed by atoms with Crippen molar-refractivity contribution in [2.45, 2.75) is 6.92 Å². The molecule has 0 rings (SSSR count). The van der Waals surface area contributed by atoms with Crippen molar-refractivity contribution in [3.8, 4) is 0 Å². The van der Waals surface area contributed by atoms with Crippen molar-refractivity contribution in [3.63, 3.8) is 0 Å². The van der Waals surface area contributed by atoms with Gasteiger partial charge in [0, 0.05) is 0 Å². The van der Waals surface area contributed by atoms with Crippen LogP contribution in [0, 0.1) is 0 Å². The molecule has 0 aromatic heterocycles. The molecule has 0 fully saturated rings. The standard InChI is InChI=1S/C2H3O.Ga.2H/c1-2-3;;;/h1H3;;;. The van der Waals surface area contributed by atoms with Crippen LogP contribution in [0.2, 0.25) is 0 Å². The average molecular weight is 115 g/mol. The summed E-state index contributed by atoms with van der Waals surface area (Å²) >= 11 is 0.424. The molecular formula is C2H5GaO. The summed E-state index contributed by atoms with van der Waals surface area (Å²) in [5.41, 5.74) is 0. The number of hydrogen-bond donors (Lipinski definition) is 0. The molecule has 0 aliphatic rings. The summed E-state index contributed by atoms with van der Waals surface area (Å²) in [6.07, 6.45) is 0. The maximum atomic E-state index is 9.53. The number of hydrogen-bond acceptors (Lipinski definition) is 1. The molecule has 22 valence electrons. The van der Waals surface area contributed by atoms with Gasteiger partial charge in [0.1, 0.15) is 0 Å². The zero-order valence-electron chi connectivity index (χ0n) is 2.91. The van der Waals surface area contributed by atoms with E-state index in [2.05, 4.69) is 0 Å². The topological polar surface area (TPSA) is 17.1 Å². The van der Waals surface area contributed by atoms with Crippen LogP contribution in [0.1, 0.15) is 6.92 Å². The van der Waals surface area contributed by atoms with Gasteiger partial charge in [-0.15, -0.1) is 0 Å². The zero-order valence-corrected chi connectivity index (χ0v) is 7.10. The second-order valence-electron chi connectivity index (χ2n) is 0.908. The number of carbonyl (C=O) groups is 1. The first-order valence-corrected chi connectivity index (χ1v) is 3.30. The van der Waals surface area contributed by atoms with E-state index in [4.69, 9.17) is 0 Å². The van der Waals surface area contributed by atoms with Crippen LogP contribution in [-0.4, -0.2) is 22.9 Å². The van der Waals surface area contributed by atoms with E-state index in [9.17, 15) is 4.79 Å². The molecule has 0 saturated heterocycles. The summed E-state index contributed by atoms with van der Waals surface area (Å²) in [7, 11) is 0. The van der Waals surface area contributed by atoms with Crippen LogP contribution in [0.15, 0.2) is 0 Å². The van der Waals surface area contributed by atoms with Crippen molar-refractivity contribution in [1.82, 2.24) is 0 Å². The predicted octanol–water partition coefficient (Wildman–Crippen LogP) is -0.834. The van der Waals surface area contributed by atoms with Gasteiger partial charge in [0.2, 0.25) is 0 Å². The average Bonchev–Trinajstić information content (AvgIpc) is 0.811. The van der Waals surface area contributed by atoms with Crippen LogP contribution in [0.3, 0.4) is 0 Å². The molecule has 0 aromatic carbocycles. The van der Waals surface area contributed by atoms with E-state index in [0.29, 0.717) is 22.9 Å². The predicted molar refractivity (Wildman–Crippen MR) is 19.2 cm³/mol. The normalized spacial score (nSPS) is 6.25. The van der Waals surface area contributed by atoms with E-state index >= 15 is 0 Å². The summed E-state index contributed by atoms with van der Waals surface area (Å²) in [5.74, 6) is 0. The summed E-state index contributed by atoms with van der Waals surface area (Å²) in [6, 6.07) is 0. The fraction of sp³-hybridized carbons (Fsp3) is 0.500. The molecule has 0 amide bonds. The minimum absolute atomic E-state index is 0.354. The van der Waals surface area contributed by atoms with Gasteiger partial charge in [-0.1, -0.05) is 0 Å². The molecular weight excluding hydrogens is 110 g/mol. The van der Waals surface area contributed by atoms with E-state index < -0.39 is 0 Å². The van der Waals surface area contributed by atoms with E-state index in [-0.39, 0.29) is 0 Å². The Hall–Kier alpha value is 0.306. The first-order valence-electron chi connectivity index (χ1n) is 1.20. The van der Waals surface area contributed by atoms with E-state index in [1.54, 1.807) is 6.92 Å². The molecule has 0 unspecified atom stereocenters. The fourth-order valence-corrected chi connectivity index (χ4v) is 0. The molecule has 2 heteroatoms. The molecule has 0 aliphatic heterocycles. The van der Waals surface area contributed by atoms with Gasteiger partial charge in [-0.3, -0.25) is 0 Å². The first-order chi connectivity index (χ1) is 1.73. The summed E-state index contributed by atoms with van der Waals surface area (Å²) < 4.78 is 0.354. The van der Waals surface area contributed by atoms with Crippen molar-refractivity contribution in [2.24, 2.45) is 0 Å². The second-order valence-corrected chi connectivity index (χ2v) is 3.86. The molecule has 1 nitrogen and oxygen atoms in total. The van der Waals surface area contributed by atoms with Crippen LogP contribution < -0.4 is 0 Å². The Balaban J connectivity index is 2.80. The van der Waals surface area contributed by atoms with Crippen molar-refractivity contribution in [2.75, 3.05) is 0 Å². The Bertz CT molecular complexity index is 29.0. The first kappa shape index (κ1) is 4.31. The molecule has 0 N–H and O–H groups in total. The third-order valence-corrected chi connectivity index (χ3v) is 0. The van der Waals surface area contributed by atoms with Crippen molar-refractivity contribution in [3.05, 3.63) is 0 Å². The van der Waals surface area contributed by atoms with Gasteiger partial charge in [0.15, 0.2) is 0 Å². The third-order valence-electron chi connectivity index (χ3n) is 0. The van der Waals surface area contributed by atoms with Crippen LogP contribution in [0.4, 0.5) is 0 Å². The number of rotatable bonds is 0. The van der Waals surface area contributed by atoms with Gasteiger partial charge in [-0.05, 0) is 0 Å². The molecule has 0 radical (unpaired) electrons. The zero-order chi connectivity index (χ0) is 3.58. The van der Waals surface area contributed by atoms with Crippen LogP contribution >= 0.6 is 0 Å². The molecule has 0 aromatic rings. The Morgan fingerprint density at radius 2 is 2.00 bits per heavy atom. The molecule has 0 bridgehead atoms. The Labute approximate surface area is 35.3 Å². The SMILES string of the molecule is C[C](=O)[GaH2]. The summed E-state index contributed by atoms with van der Waals surface area (Å²) in [4.78, 5) is 9.53. The molecule has 0 aliphatic carbocycles. The van der Waals surface area contributed by atoms with Crippen molar-refractivity contribution >= 4 is 22.9 Å². The molecule has 0 heterocycles. The van der Waals surface area contributed by atoms with Crippen molar-refractivity contribution < 1.29 is 4.79 Å².